The summed E-state index contributed by atoms with van der Waals surface area (Å²) >= 11 is 0. The lowest BCUT2D eigenvalue weighted by molar-refractivity contribution is -0.122. The zero-order valence-corrected chi connectivity index (χ0v) is 15.7. The molecule has 3 rings (SSSR count). The smallest absolute Gasteiger partial charge is 0.265 e. The lowest BCUT2D eigenvalue weighted by atomic mass is 10.1. The van der Waals surface area contributed by atoms with Crippen molar-refractivity contribution in [1.82, 2.24) is 0 Å². The molecule has 0 spiro atoms. The van der Waals surface area contributed by atoms with Crippen LogP contribution < -0.4 is 19.5 Å². The van der Waals surface area contributed by atoms with Crippen molar-refractivity contribution in [3.8, 4) is 17.2 Å². The monoisotopic (exact) mass is 365 g/mol. The largest absolute Gasteiger partial charge is 0.497 e. The molecule has 0 aliphatic heterocycles. The zero-order chi connectivity index (χ0) is 19.2. The number of hydrogen-bond donors (Lipinski definition) is 1. The van der Waals surface area contributed by atoms with Crippen molar-refractivity contribution in [2.75, 3.05) is 19.5 Å². The second kappa shape index (κ2) is 8.45. The van der Waals surface area contributed by atoms with Crippen molar-refractivity contribution in [3.63, 3.8) is 0 Å². The van der Waals surface area contributed by atoms with Crippen LogP contribution in [0.25, 0.3) is 10.8 Å². The molecule has 1 N–H and O–H groups in total. The minimum absolute atomic E-state index is 0.228. The van der Waals surface area contributed by atoms with Crippen molar-refractivity contribution < 1.29 is 19.0 Å². The van der Waals surface area contributed by atoms with Crippen LogP contribution >= 0.6 is 0 Å². The molecule has 1 atom stereocenters. The summed E-state index contributed by atoms with van der Waals surface area (Å²) in [5.74, 6) is 1.62. The molecule has 5 nitrogen and oxygen atoms in total. The molecule has 0 saturated heterocycles. The van der Waals surface area contributed by atoms with Gasteiger partial charge in [0, 0.05) is 6.07 Å². The number of ether oxygens (including phenoxy) is 3. The van der Waals surface area contributed by atoms with Gasteiger partial charge in [-0.2, -0.15) is 0 Å². The standard InChI is InChI=1S/C22H23NO4/c1-4-20(27-18-10-9-15-7-5-6-8-16(15)13-18)22(24)23-19-12-11-17(25-2)14-21(19)26-3/h5-14,20H,4H2,1-3H3,(H,23,24). The van der Waals surface area contributed by atoms with E-state index in [4.69, 9.17) is 14.2 Å². The van der Waals surface area contributed by atoms with Crippen LogP contribution in [-0.4, -0.2) is 26.2 Å². The van der Waals surface area contributed by atoms with Crippen molar-refractivity contribution in [1.29, 1.82) is 0 Å². The highest BCUT2D eigenvalue weighted by molar-refractivity contribution is 5.96. The van der Waals surface area contributed by atoms with Gasteiger partial charge in [-0.05, 0) is 41.5 Å². The van der Waals surface area contributed by atoms with E-state index in [1.807, 2.05) is 49.4 Å². The Morgan fingerprint density at radius 1 is 0.926 bits per heavy atom. The molecule has 1 unspecified atom stereocenters. The van der Waals surface area contributed by atoms with Gasteiger partial charge in [0.1, 0.15) is 17.2 Å². The molecule has 140 valence electrons. The predicted octanol–water partition coefficient (Wildman–Crippen LogP) is 4.65. The first-order chi connectivity index (χ1) is 13.1. The normalized spacial score (nSPS) is 11.7. The number of anilines is 1. The molecule has 1 amide bonds. The average Bonchev–Trinajstić information content (AvgIpc) is 2.72. The van der Waals surface area contributed by atoms with Gasteiger partial charge in [-0.1, -0.05) is 37.3 Å². The Bertz CT molecular complexity index is 938. The minimum Gasteiger partial charge on any atom is -0.497 e. The summed E-state index contributed by atoms with van der Waals surface area (Å²) in [6, 6.07) is 19.1. The van der Waals surface area contributed by atoms with Crippen LogP contribution in [0, 0.1) is 0 Å². The van der Waals surface area contributed by atoms with E-state index in [0.29, 0.717) is 29.4 Å². The summed E-state index contributed by atoms with van der Waals surface area (Å²) in [7, 11) is 3.13. The fourth-order valence-corrected chi connectivity index (χ4v) is 2.84. The summed E-state index contributed by atoms with van der Waals surface area (Å²) < 4.78 is 16.5. The van der Waals surface area contributed by atoms with Crippen molar-refractivity contribution in [2.45, 2.75) is 19.4 Å². The van der Waals surface area contributed by atoms with Crippen LogP contribution in [0.5, 0.6) is 17.2 Å². The van der Waals surface area contributed by atoms with Gasteiger partial charge in [0.05, 0.1) is 19.9 Å². The molecule has 3 aromatic rings. The van der Waals surface area contributed by atoms with E-state index in [-0.39, 0.29) is 5.91 Å². The number of fused-ring (bicyclic) bond motifs is 1. The van der Waals surface area contributed by atoms with Crippen molar-refractivity contribution >= 4 is 22.4 Å². The fourth-order valence-electron chi connectivity index (χ4n) is 2.84. The highest BCUT2D eigenvalue weighted by Crippen LogP contribution is 2.29. The quantitative estimate of drug-likeness (QED) is 0.662. The Hall–Kier alpha value is -3.21. The first kappa shape index (κ1) is 18.6. The topological polar surface area (TPSA) is 56.8 Å². The molecule has 0 heterocycles. The average molecular weight is 365 g/mol. The number of nitrogens with one attached hydrogen (secondary N) is 1. The molecule has 5 heteroatoms. The van der Waals surface area contributed by atoms with E-state index >= 15 is 0 Å². The summed E-state index contributed by atoms with van der Waals surface area (Å²) in [6.45, 7) is 1.91. The van der Waals surface area contributed by atoms with Crippen LogP contribution in [0.4, 0.5) is 5.69 Å². The van der Waals surface area contributed by atoms with Crippen LogP contribution in [0.1, 0.15) is 13.3 Å². The molecule has 0 saturated carbocycles. The SMILES string of the molecule is CCC(Oc1ccc2ccccc2c1)C(=O)Nc1ccc(OC)cc1OC. The highest BCUT2D eigenvalue weighted by atomic mass is 16.5. The van der Waals surface area contributed by atoms with Gasteiger partial charge in [-0.25, -0.2) is 0 Å². The predicted molar refractivity (Wildman–Crippen MR) is 107 cm³/mol. The summed E-state index contributed by atoms with van der Waals surface area (Å²) in [4.78, 5) is 12.7. The summed E-state index contributed by atoms with van der Waals surface area (Å²) in [5.41, 5.74) is 0.573. The van der Waals surface area contributed by atoms with Crippen molar-refractivity contribution in [2.24, 2.45) is 0 Å². The third-order valence-corrected chi connectivity index (χ3v) is 4.33. The molecule has 0 radical (unpaired) electrons. The van der Waals surface area contributed by atoms with Gasteiger partial charge in [-0.15, -0.1) is 0 Å². The van der Waals surface area contributed by atoms with Crippen LogP contribution in [0.3, 0.4) is 0 Å². The van der Waals surface area contributed by atoms with E-state index in [1.54, 1.807) is 32.4 Å². The summed E-state index contributed by atoms with van der Waals surface area (Å²) in [5, 5.41) is 5.08. The number of methoxy groups -OCH3 is 2. The highest BCUT2D eigenvalue weighted by Gasteiger charge is 2.20. The molecule has 3 aromatic carbocycles. The molecule has 0 aliphatic carbocycles. The minimum atomic E-state index is -0.613. The molecule has 27 heavy (non-hydrogen) atoms. The number of rotatable bonds is 7. The van der Waals surface area contributed by atoms with Gasteiger partial charge in [0.25, 0.3) is 5.91 Å². The third kappa shape index (κ3) is 4.31. The zero-order valence-electron chi connectivity index (χ0n) is 15.7. The van der Waals surface area contributed by atoms with Crippen LogP contribution in [0.2, 0.25) is 0 Å². The maximum absolute atomic E-state index is 12.7. The van der Waals surface area contributed by atoms with Crippen molar-refractivity contribution in [3.05, 3.63) is 60.7 Å². The van der Waals surface area contributed by atoms with E-state index in [0.717, 1.165) is 10.8 Å². The number of benzene rings is 3. The van der Waals surface area contributed by atoms with Gasteiger partial charge >= 0.3 is 0 Å². The van der Waals surface area contributed by atoms with E-state index in [9.17, 15) is 4.79 Å². The van der Waals surface area contributed by atoms with Gasteiger partial charge in [0.15, 0.2) is 6.10 Å². The summed E-state index contributed by atoms with van der Waals surface area (Å²) in [6.07, 6.45) is -0.0742. The molecule has 0 aliphatic rings. The Balaban J connectivity index is 1.75. The first-order valence-corrected chi connectivity index (χ1v) is 8.83. The van der Waals surface area contributed by atoms with Crippen LogP contribution in [-0.2, 0) is 4.79 Å². The van der Waals surface area contributed by atoms with Crippen LogP contribution in [0.15, 0.2) is 60.7 Å². The second-order valence-corrected chi connectivity index (χ2v) is 6.08. The Labute approximate surface area is 158 Å². The van der Waals surface area contributed by atoms with Gasteiger partial charge in [-0.3, -0.25) is 4.79 Å². The number of hydrogen-bond acceptors (Lipinski definition) is 4. The molecule has 0 fully saturated rings. The lowest BCUT2D eigenvalue weighted by Gasteiger charge is -2.19. The van der Waals surface area contributed by atoms with E-state index < -0.39 is 6.10 Å². The molecular formula is C22H23NO4. The number of carbonyl (C=O) groups is 1. The van der Waals surface area contributed by atoms with E-state index in [1.165, 1.54) is 0 Å². The molecule has 0 aromatic heterocycles. The second-order valence-electron chi connectivity index (χ2n) is 6.08. The molecular weight excluding hydrogens is 342 g/mol. The Kier molecular flexibility index (Phi) is 5.81. The third-order valence-electron chi connectivity index (χ3n) is 4.33. The Morgan fingerprint density at radius 3 is 2.37 bits per heavy atom. The van der Waals surface area contributed by atoms with Gasteiger partial charge < -0.3 is 19.5 Å². The maximum atomic E-state index is 12.7. The maximum Gasteiger partial charge on any atom is 0.265 e. The van der Waals surface area contributed by atoms with Gasteiger partial charge in [0.2, 0.25) is 0 Å². The Morgan fingerprint density at radius 2 is 1.67 bits per heavy atom. The lowest BCUT2D eigenvalue weighted by Crippen LogP contribution is -2.32. The molecule has 0 bridgehead atoms. The number of carbonyl (C=O) groups excluding carboxylic acids is 1. The fraction of sp³-hybridized carbons (Fsp3) is 0.227. The van der Waals surface area contributed by atoms with E-state index in [2.05, 4.69) is 5.32 Å². The number of amides is 1. The first-order valence-electron chi connectivity index (χ1n) is 8.83.